The first-order chi connectivity index (χ1) is 11.3. The second kappa shape index (κ2) is 9.28. The van der Waals surface area contributed by atoms with E-state index in [1.807, 2.05) is 26.0 Å². The molecule has 0 aromatic carbocycles. The molecule has 138 valence electrons. The SMILES string of the molecule is CC(=O)NCc1ccc(-c2nc(NC(=O)C(C)C(C)N)sc2C)s1.Cl. The van der Waals surface area contributed by atoms with Crippen LogP contribution in [-0.2, 0) is 16.1 Å². The number of nitrogens with zero attached hydrogens (tertiary/aromatic N) is 1. The van der Waals surface area contributed by atoms with Gasteiger partial charge in [-0.25, -0.2) is 4.98 Å². The van der Waals surface area contributed by atoms with Gasteiger partial charge in [0.25, 0.3) is 0 Å². The van der Waals surface area contributed by atoms with Crippen LogP contribution in [0.1, 0.15) is 30.5 Å². The van der Waals surface area contributed by atoms with Crippen LogP contribution >= 0.6 is 35.1 Å². The molecular weight excluding hydrogens is 380 g/mol. The third kappa shape index (κ3) is 5.78. The maximum Gasteiger partial charge on any atom is 0.230 e. The van der Waals surface area contributed by atoms with E-state index in [1.54, 1.807) is 18.3 Å². The number of hydrogen-bond acceptors (Lipinski definition) is 6. The predicted molar refractivity (Wildman–Crippen MR) is 106 cm³/mol. The number of carbonyl (C=O) groups is 2. The van der Waals surface area contributed by atoms with Crippen molar-refractivity contribution in [2.45, 2.75) is 40.3 Å². The van der Waals surface area contributed by atoms with Crippen molar-refractivity contribution in [3.63, 3.8) is 0 Å². The van der Waals surface area contributed by atoms with E-state index in [1.165, 1.54) is 18.3 Å². The second-order valence-corrected chi connectivity index (χ2v) is 8.11. The van der Waals surface area contributed by atoms with E-state index in [0.29, 0.717) is 11.7 Å². The number of thiophene rings is 1. The van der Waals surface area contributed by atoms with Crippen molar-refractivity contribution >= 4 is 52.0 Å². The van der Waals surface area contributed by atoms with Crippen molar-refractivity contribution in [2.24, 2.45) is 11.7 Å². The standard InChI is InChI=1S/C16H22N4O2S2.ClH/c1-8(9(2)17)15(22)20-16-19-14(10(3)23-16)13-6-5-12(24-13)7-18-11(4)21;/h5-6,8-9H,7,17H2,1-4H3,(H,18,21)(H,19,20,22);1H. The lowest BCUT2D eigenvalue weighted by Gasteiger charge is -2.13. The Balaban J connectivity index is 0.00000312. The van der Waals surface area contributed by atoms with Gasteiger partial charge in [0.05, 0.1) is 23.0 Å². The number of nitrogens with one attached hydrogen (secondary N) is 2. The van der Waals surface area contributed by atoms with E-state index in [-0.39, 0.29) is 36.2 Å². The highest BCUT2D eigenvalue weighted by Crippen LogP contribution is 2.34. The fourth-order valence-corrected chi connectivity index (χ4v) is 3.84. The van der Waals surface area contributed by atoms with E-state index in [9.17, 15) is 9.59 Å². The van der Waals surface area contributed by atoms with Crippen LogP contribution in [-0.4, -0.2) is 22.8 Å². The van der Waals surface area contributed by atoms with Crippen LogP contribution in [0.5, 0.6) is 0 Å². The summed E-state index contributed by atoms with van der Waals surface area (Å²) in [5.41, 5.74) is 6.63. The lowest BCUT2D eigenvalue weighted by Crippen LogP contribution is -2.34. The lowest BCUT2D eigenvalue weighted by atomic mass is 10.0. The topological polar surface area (TPSA) is 97.1 Å². The van der Waals surface area contributed by atoms with Gasteiger partial charge in [-0.2, -0.15) is 0 Å². The zero-order chi connectivity index (χ0) is 17.9. The highest BCUT2D eigenvalue weighted by Gasteiger charge is 2.19. The second-order valence-electron chi connectivity index (χ2n) is 5.74. The van der Waals surface area contributed by atoms with E-state index in [0.717, 1.165) is 20.3 Å². The molecule has 2 aromatic rings. The van der Waals surface area contributed by atoms with Crippen LogP contribution in [0.2, 0.25) is 0 Å². The van der Waals surface area contributed by atoms with Gasteiger partial charge in [0.15, 0.2) is 5.13 Å². The summed E-state index contributed by atoms with van der Waals surface area (Å²) in [5.74, 6) is -0.450. The first-order valence-corrected chi connectivity index (χ1v) is 9.28. The number of anilines is 1. The van der Waals surface area contributed by atoms with Gasteiger partial charge in [-0.3, -0.25) is 9.59 Å². The molecule has 2 unspecified atom stereocenters. The van der Waals surface area contributed by atoms with Crippen molar-refractivity contribution in [1.29, 1.82) is 0 Å². The van der Waals surface area contributed by atoms with Crippen LogP contribution in [0.3, 0.4) is 0 Å². The van der Waals surface area contributed by atoms with Gasteiger partial charge in [0.1, 0.15) is 0 Å². The zero-order valence-electron chi connectivity index (χ0n) is 14.6. The molecule has 0 bridgehead atoms. The maximum absolute atomic E-state index is 12.1. The van der Waals surface area contributed by atoms with Crippen molar-refractivity contribution in [3.05, 3.63) is 21.9 Å². The average Bonchev–Trinajstić information content (AvgIpc) is 3.10. The van der Waals surface area contributed by atoms with Gasteiger partial charge < -0.3 is 16.4 Å². The van der Waals surface area contributed by atoms with Crippen LogP contribution in [0.15, 0.2) is 12.1 Å². The monoisotopic (exact) mass is 402 g/mol. The van der Waals surface area contributed by atoms with Crippen molar-refractivity contribution in [1.82, 2.24) is 10.3 Å². The molecular formula is C16H23ClN4O2S2. The zero-order valence-corrected chi connectivity index (χ0v) is 17.0. The minimum atomic E-state index is -0.274. The van der Waals surface area contributed by atoms with E-state index < -0.39 is 0 Å². The van der Waals surface area contributed by atoms with E-state index >= 15 is 0 Å². The molecule has 2 atom stereocenters. The summed E-state index contributed by atoms with van der Waals surface area (Å²) >= 11 is 3.03. The van der Waals surface area contributed by atoms with Gasteiger partial charge in [0.2, 0.25) is 11.8 Å². The number of halogens is 1. The summed E-state index contributed by atoms with van der Waals surface area (Å²) in [6.07, 6.45) is 0. The quantitative estimate of drug-likeness (QED) is 0.691. The van der Waals surface area contributed by atoms with Crippen LogP contribution in [0, 0.1) is 12.8 Å². The number of amides is 2. The third-order valence-corrected chi connectivity index (χ3v) is 5.61. The van der Waals surface area contributed by atoms with Gasteiger partial charge >= 0.3 is 0 Å². The van der Waals surface area contributed by atoms with Crippen LogP contribution in [0.25, 0.3) is 10.6 Å². The van der Waals surface area contributed by atoms with Crippen molar-refractivity contribution in [2.75, 3.05) is 5.32 Å². The van der Waals surface area contributed by atoms with Crippen LogP contribution in [0.4, 0.5) is 5.13 Å². The first-order valence-electron chi connectivity index (χ1n) is 7.65. The molecule has 4 N–H and O–H groups in total. The van der Waals surface area contributed by atoms with E-state index in [4.69, 9.17) is 5.73 Å². The molecule has 2 amide bonds. The number of carbonyl (C=O) groups excluding carboxylic acids is 2. The average molecular weight is 403 g/mol. The Bertz CT molecular complexity index is 742. The predicted octanol–water partition coefficient (Wildman–Crippen LogP) is 3.16. The molecule has 6 nitrogen and oxygen atoms in total. The molecule has 0 fully saturated rings. The number of nitrogens with two attached hydrogens (primary N) is 1. The molecule has 2 aromatic heterocycles. The number of thiazole rings is 1. The minimum absolute atomic E-state index is 0. The molecule has 0 aliphatic heterocycles. The molecule has 0 radical (unpaired) electrons. The molecule has 0 aliphatic carbocycles. The number of aromatic nitrogens is 1. The van der Waals surface area contributed by atoms with Crippen LogP contribution < -0.4 is 16.4 Å². The molecule has 2 rings (SSSR count). The van der Waals surface area contributed by atoms with Gasteiger partial charge in [-0.05, 0) is 26.0 Å². The summed E-state index contributed by atoms with van der Waals surface area (Å²) < 4.78 is 0. The fraction of sp³-hybridized carbons (Fsp3) is 0.438. The molecule has 0 saturated carbocycles. The summed E-state index contributed by atoms with van der Waals surface area (Å²) in [4.78, 5) is 30.7. The third-order valence-electron chi connectivity index (χ3n) is 3.64. The highest BCUT2D eigenvalue weighted by molar-refractivity contribution is 7.18. The van der Waals surface area contributed by atoms with Gasteiger partial charge in [-0.1, -0.05) is 6.92 Å². The number of aryl methyl sites for hydroxylation is 1. The Hall–Kier alpha value is -1.48. The lowest BCUT2D eigenvalue weighted by molar-refractivity contribution is -0.120. The molecule has 0 saturated heterocycles. The Morgan fingerprint density at radius 2 is 1.96 bits per heavy atom. The largest absolute Gasteiger partial charge is 0.351 e. The summed E-state index contributed by atoms with van der Waals surface area (Å²) in [5, 5.41) is 6.20. The fourth-order valence-electron chi connectivity index (χ4n) is 1.95. The molecule has 25 heavy (non-hydrogen) atoms. The smallest absolute Gasteiger partial charge is 0.230 e. The Kier molecular flexibility index (Phi) is 8.01. The summed E-state index contributed by atoms with van der Waals surface area (Å²) in [6, 6.07) is 3.75. The Labute approximate surface area is 161 Å². The van der Waals surface area contributed by atoms with Crippen molar-refractivity contribution < 1.29 is 9.59 Å². The van der Waals surface area contributed by atoms with Gasteiger partial charge in [-0.15, -0.1) is 35.1 Å². The maximum atomic E-state index is 12.1. The Morgan fingerprint density at radius 1 is 1.28 bits per heavy atom. The first kappa shape index (κ1) is 21.6. The van der Waals surface area contributed by atoms with Crippen molar-refractivity contribution in [3.8, 4) is 10.6 Å². The normalized spacial score (nSPS) is 12.8. The molecule has 0 aliphatic rings. The number of rotatable bonds is 6. The van der Waals surface area contributed by atoms with E-state index in [2.05, 4.69) is 15.6 Å². The number of hydrogen-bond donors (Lipinski definition) is 3. The minimum Gasteiger partial charge on any atom is -0.351 e. The summed E-state index contributed by atoms with van der Waals surface area (Å²) in [6.45, 7) is 7.60. The summed E-state index contributed by atoms with van der Waals surface area (Å²) in [7, 11) is 0. The highest BCUT2D eigenvalue weighted by atomic mass is 35.5. The molecule has 2 heterocycles. The van der Waals surface area contributed by atoms with Gasteiger partial charge in [0, 0.05) is 22.7 Å². The molecule has 9 heteroatoms. The Morgan fingerprint density at radius 3 is 2.56 bits per heavy atom. The molecule has 0 spiro atoms.